The lowest BCUT2D eigenvalue weighted by Crippen LogP contribution is -2.25. The molecule has 3 rings (SSSR count). The monoisotopic (exact) mass is 381 g/mol. The van der Waals surface area contributed by atoms with Gasteiger partial charge in [0, 0.05) is 6.07 Å². The Morgan fingerprint density at radius 2 is 1.79 bits per heavy atom. The van der Waals surface area contributed by atoms with Crippen LogP contribution in [0.1, 0.15) is 26.7 Å². The minimum absolute atomic E-state index is 0.100. The molecule has 28 heavy (non-hydrogen) atoms. The number of carbonyl (C=O) groups is 2. The lowest BCUT2D eigenvalue weighted by molar-refractivity contribution is 0.0943. The van der Waals surface area contributed by atoms with Crippen molar-refractivity contribution in [3.63, 3.8) is 0 Å². The summed E-state index contributed by atoms with van der Waals surface area (Å²) in [6.45, 7) is 0.229. The molecule has 2 amide bonds. The van der Waals surface area contributed by atoms with Gasteiger partial charge in [0.15, 0.2) is 0 Å². The third-order valence-electron chi connectivity index (χ3n) is 3.87. The van der Waals surface area contributed by atoms with Gasteiger partial charge in [-0.05, 0) is 36.4 Å². The van der Waals surface area contributed by atoms with Gasteiger partial charge in [-0.3, -0.25) is 9.59 Å². The maximum Gasteiger partial charge on any atom is 0.274 e. The van der Waals surface area contributed by atoms with Crippen LogP contribution in [0.4, 0.5) is 5.69 Å². The van der Waals surface area contributed by atoms with Crippen LogP contribution in [-0.4, -0.2) is 31.0 Å². The first-order valence-corrected chi connectivity index (χ1v) is 8.41. The number of pyridine rings is 1. The maximum absolute atomic E-state index is 12.5. The number of carbonyl (C=O) groups excluding carboxylic acids is 2. The highest BCUT2D eigenvalue weighted by molar-refractivity contribution is 6.04. The summed E-state index contributed by atoms with van der Waals surface area (Å²) in [6.07, 6.45) is 1.53. The highest BCUT2D eigenvalue weighted by Gasteiger charge is 2.15. The average molecular weight is 381 g/mol. The van der Waals surface area contributed by atoms with Crippen molar-refractivity contribution in [2.75, 3.05) is 19.5 Å². The molecule has 144 valence electrons. The van der Waals surface area contributed by atoms with Gasteiger partial charge in [-0.25, -0.2) is 4.98 Å². The van der Waals surface area contributed by atoms with Crippen molar-refractivity contribution in [3.05, 3.63) is 71.9 Å². The summed E-state index contributed by atoms with van der Waals surface area (Å²) in [4.78, 5) is 28.9. The lowest BCUT2D eigenvalue weighted by atomic mass is 10.2. The number of aromatic nitrogens is 1. The number of nitrogens with zero attached hydrogens (tertiary/aromatic N) is 1. The fourth-order valence-electron chi connectivity index (χ4n) is 2.45. The van der Waals surface area contributed by atoms with Crippen molar-refractivity contribution in [2.24, 2.45) is 0 Å². The van der Waals surface area contributed by atoms with Crippen molar-refractivity contribution in [1.82, 2.24) is 10.3 Å². The lowest BCUT2D eigenvalue weighted by Gasteiger charge is -2.11. The smallest absolute Gasteiger partial charge is 0.274 e. The Bertz CT molecular complexity index is 970. The summed E-state index contributed by atoms with van der Waals surface area (Å²) < 4.78 is 15.6. The topological polar surface area (TPSA) is 103 Å². The Morgan fingerprint density at radius 1 is 1.00 bits per heavy atom. The van der Waals surface area contributed by atoms with Gasteiger partial charge in [0.2, 0.25) is 0 Å². The SMILES string of the molecule is COc1ccc(NC(=O)c2cccc(C(=O)NCc3ccco3)n2)c(OC)c1. The number of hydrogen-bond acceptors (Lipinski definition) is 6. The molecule has 0 atom stereocenters. The molecule has 0 aliphatic heterocycles. The van der Waals surface area contributed by atoms with Crippen LogP contribution in [0.15, 0.2) is 59.2 Å². The zero-order chi connectivity index (χ0) is 19.9. The summed E-state index contributed by atoms with van der Waals surface area (Å²) >= 11 is 0. The Kier molecular flexibility index (Phi) is 5.91. The highest BCUT2D eigenvalue weighted by atomic mass is 16.5. The largest absolute Gasteiger partial charge is 0.497 e. The third kappa shape index (κ3) is 4.47. The van der Waals surface area contributed by atoms with Gasteiger partial charge in [-0.15, -0.1) is 0 Å². The minimum atomic E-state index is -0.468. The van der Waals surface area contributed by atoms with Gasteiger partial charge < -0.3 is 24.5 Å². The average Bonchev–Trinajstić information content (AvgIpc) is 3.26. The number of methoxy groups -OCH3 is 2. The standard InChI is InChI=1S/C20H19N3O5/c1-26-13-8-9-15(18(11-13)27-2)23-20(25)17-7-3-6-16(22-17)19(24)21-12-14-5-4-10-28-14/h3-11H,12H2,1-2H3,(H,21,24)(H,23,25). The molecule has 0 aliphatic rings. The number of benzene rings is 1. The second-order valence-corrected chi connectivity index (χ2v) is 5.69. The molecule has 0 saturated heterocycles. The first-order chi connectivity index (χ1) is 13.6. The van der Waals surface area contributed by atoms with Crippen LogP contribution in [0.3, 0.4) is 0 Å². The molecule has 1 aromatic carbocycles. The Morgan fingerprint density at radius 3 is 2.46 bits per heavy atom. The van der Waals surface area contributed by atoms with Crippen LogP contribution in [-0.2, 0) is 6.54 Å². The Hall–Kier alpha value is -3.81. The summed E-state index contributed by atoms with van der Waals surface area (Å²) in [5.74, 6) is 0.786. The molecule has 2 N–H and O–H groups in total. The van der Waals surface area contributed by atoms with Crippen LogP contribution < -0.4 is 20.1 Å². The molecule has 3 aromatic rings. The normalized spacial score (nSPS) is 10.2. The van der Waals surface area contributed by atoms with Gasteiger partial charge in [-0.1, -0.05) is 6.07 Å². The molecule has 0 aliphatic carbocycles. The number of amides is 2. The molecular formula is C20H19N3O5. The van der Waals surface area contributed by atoms with E-state index in [1.54, 1.807) is 43.5 Å². The van der Waals surface area contributed by atoms with Gasteiger partial charge in [0.1, 0.15) is 28.6 Å². The number of furan rings is 1. The summed E-state index contributed by atoms with van der Waals surface area (Å²) in [7, 11) is 3.03. The number of hydrogen-bond donors (Lipinski definition) is 2. The van der Waals surface area contributed by atoms with Gasteiger partial charge in [-0.2, -0.15) is 0 Å². The van der Waals surface area contributed by atoms with E-state index in [2.05, 4.69) is 15.6 Å². The molecule has 8 nitrogen and oxygen atoms in total. The van der Waals surface area contributed by atoms with Crippen molar-refractivity contribution in [1.29, 1.82) is 0 Å². The predicted octanol–water partition coefficient (Wildman–Crippen LogP) is 2.87. The molecule has 0 fully saturated rings. The van der Waals surface area contributed by atoms with Crippen molar-refractivity contribution >= 4 is 17.5 Å². The third-order valence-corrected chi connectivity index (χ3v) is 3.87. The van der Waals surface area contributed by atoms with E-state index in [-0.39, 0.29) is 17.9 Å². The molecule has 0 unspecified atom stereocenters. The van der Waals surface area contributed by atoms with E-state index in [0.717, 1.165) is 0 Å². The van der Waals surface area contributed by atoms with E-state index in [9.17, 15) is 9.59 Å². The van der Waals surface area contributed by atoms with Gasteiger partial charge >= 0.3 is 0 Å². The number of ether oxygens (including phenoxy) is 2. The second kappa shape index (κ2) is 8.72. The second-order valence-electron chi connectivity index (χ2n) is 5.69. The Labute approximate surface area is 161 Å². The molecule has 0 bridgehead atoms. The molecule has 2 heterocycles. The maximum atomic E-state index is 12.5. The van der Waals surface area contributed by atoms with Crippen LogP contribution in [0.5, 0.6) is 11.5 Å². The van der Waals surface area contributed by atoms with E-state index >= 15 is 0 Å². The zero-order valence-corrected chi connectivity index (χ0v) is 15.4. The fraction of sp³-hybridized carbons (Fsp3) is 0.150. The Balaban J connectivity index is 1.71. The van der Waals surface area contributed by atoms with Crippen LogP contribution in [0.2, 0.25) is 0 Å². The van der Waals surface area contributed by atoms with Crippen molar-refractivity contribution < 1.29 is 23.5 Å². The van der Waals surface area contributed by atoms with E-state index in [1.165, 1.54) is 25.5 Å². The van der Waals surface area contributed by atoms with Gasteiger partial charge in [0.05, 0.1) is 32.7 Å². The number of rotatable bonds is 7. The van der Waals surface area contributed by atoms with Crippen LogP contribution in [0, 0.1) is 0 Å². The van der Waals surface area contributed by atoms with Crippen LogP contribution in [0.25, 0.3) is 0 Å². The van der Waals surface area contributed by atoms with E-state index in [0.29, 0.717) is 22.9 Å². The molecule has 0 spiro atoms. The fourth-order valence-corrected chi connectivity index (χ4v) is 2.45. The van der Waals surface area contributed by atoms with E-state index in [1.807, 2.05) is 0 Å². The molecular weight excluding hydrogens is 362 g/mol. The molecule has 0 saturated carbocycles. The van der Waals surface area contributed by atoms with Crippen molar-refractivity contribution in [3.8, 4) is 11.5 Å². The quantitative estimate of drug-likeness (QED) is 0.652. The van der Waals surface area contributed by atoms with Crippen molar-refractivity contribution in [2.45, 2.75) is 6.54 Å². The van der Waals surface area contributed by atoms with E-state index in [4.69, 9.17) is 13.9 Å². The molecule has 0 radical (unpaired) electrons. The van der Waals surface area contributed by atoms with Gasteiger partial charge in [0.25, 0.3) is 11.8 Å². The van der Waals surface area contributed by atoms with Crippen LogP contribution >= 0.6 is 0 Å². The number of anilines is 1. The molecule has 2 aromatic heterocycles. The highest BCUT2D eigenvalue weighted by Crippen LogP contribution is 2.29. The first-order valence-electron chi connectivity index (χ1n) is 8.41. The minimum Gasteiger partial charge on any atom is -0.497 e. The first kappa shape index (κ1) is 19.0. The summed E-state index contributed by atoms with van der Waals surface area (Å²) in [5, 5.41) is 5.41. The predicted molar refractivity (Wildman–Crippen MR) is 102 cm³/mol. The summed E-state index contributed by atoms with van der Waals surface area (Å²) in [6, 6.07) is 13.1. The molecule has 8 heteroatoms. The van der Waals surface area contributed by atoms with E-state index < -0.39 is 11.8 Å². The summed E-state index contributed by atoms with van der Waals surface area (Å²) in [5.41, 5.74) is 0.687. The zero-order valence-electron chi connectivity index (χ0n) is 15.4. The number of nitrogens with one attached hydrogen (secondary N) is 2.